The predicted molar refractivity (Wildman–Crippen MR) is 60.9 cm³/mol. The van der Waals surface area contributed by atoms with Crippen molar-refractivity contribution in [3.63, 3.8) is 0 Å². The zero-order valence-corrected chi connectivity index (χ0v) is 10.1. The number of hydrogen-bond donors (Lipinski definition) is 1. The third-order valence-electron chi connectivity index (χ3n) is 2.35. The average molecular weight is 254 g/mol. The molecule has 0 saturated heterocycles. The summed E-state index contributed by atoms with van der Waals surface area (Å²) in [7, 11) is 2.68. The minimum atomic E-state index is -1.29. The summed E-state index contributed by atoms with van der Waals surface area (Å²) in [6.45, 7) is 0. The highest BCUT2D eigenvalue weighted by molar-refractivity contribution is 5.93. The molecule has 1 N–H and O–H groups in total. The second-order valence-corrected chi connectivity index (χ2v) is 3.51. The van der Waals surface area contributed by atoms with Gasteiger partial charge in [-0.3, -0.25) is 9.68 Å². The molecule has 0 spiro atoms. The number of carbonyl (C=O) groups excluding carboxylic acids is 1. The van der Waals surface area contributed by atoms with E-state index in [-0.39, 0.29) is 6.42 Å². The van der Waals surface area contributed by atoms with E-state index in [1.54, 1.807) is 24.3 Å². The number of ether oxygens (including phenoxy) is 1. The van der Waals surface area contributed by atoms with Crippen molar-refractivity contribution in [3.05, 3.63) is 29.8 Å². The molecular weight excluding hydrogens is 240 g/mol. The molecule has 0 aromatic heterocycles. The third kappa shape index (κ3) is 3.74. The van der Waals surface area contributed by atoms with Crippen molar-refractivity contribution in [2.24, 2.45) is 5.92 Å². The molecule has 0 saturated carbocycles. The molecule has 0 aliphatic carbocycles. The van der Waals surface area contributed by atoms with Crippen LogP contribution in [-0.4, -0.2) is 31.3 Å². The van der Waals surface area contributed by atoms with Crippen LogP contribution < -0.4 is 4.74 Å². The van der Waals surface area contributed by atoms with Crippen molar-refractivity contribution < 1.29 is 29.2 Å². The van der Waals surface area contributed by atoms with Gasteiger partial charge in [-0.15, -0.1) is 0 Å². The van der Waals surface area contributed by atoms with Gasteiger partial charge in [0, 0.05) is 0 Å². The first-order chi connectivity index (χ1) is 8.58. The van der Waals surface area contributed by atoms with Crippen LogP contribution in [0.4, 0.5) is 0 Å². The number of benzene rings is 1. The number of rotatable bonds is 6. The third-order valence-corrected chi connectivity index (χ3v) is 2.35. The summed E-state index contributed by atoms with van der Waals surface area (Å²) in [4.78, 5) is 30.7. The van der Waals surface area contributed by atoms with Gasteiger partial charge in [0.05, 0.1) is 14.2 Å². The van der Waals surface area contributed by atoms with Gasteiger partial charge in [-0.25, -0.2) is 4.79 Å². The molecule has 1 unspecified atom stereocenters. The second kappa shape index (κ2) is 6.61. The number of carboxylic acid groups (broad SMARTS) is 1. The molecule has 0 bridgehead atoms. The number of carboxylic acids is 1. The van der Waals surface area contributed by atoms with Crippen molar-refractivity contribution >= 4 is 11.9 Å². The number of methoxy groups -OCH3 is 1. The highest BCUT2D eigenvalue weighted by Crippen LogP contribution is 2.16. The van der Waals surface area contributed by atoms with Gasteiger partial charge in [0.1, 0.15) is 5.75 Å². The van der Waals surface area contributed by atoms with E-state index in [2.05, 4.69) is 9.78 Å². The topological polar surface area (TPSA) is 82.1 Å². The average Bonchev–Trinajstić information content (AvgIpc) is 2.36. The van der Waals surface area contributed by atoms with Crippen LogP contribution in [0.5, 0.6) is 5.75 Å². The van der Waals surface area contributed by atoms with Gasteiger partial charge >= 0.3 is 11.9 Å². The molecule has 98 valence electrons. The van der Waals surface area contributed by atoms with Crippen LogP contribution in [0.2, 0.25) is 0 Å². The lowest BCUT2D eigenvalue weighted by Gasteiger charge is -2.10. The summed E-state index contributed by atoms with van der Waals surface area (Å²) in [5.74, 6) is -2.82. The second-order valence-electron chi connectivity index (χ2n) is 3.51. The van der Waals surface area contributed by atoms with E-state index in [0.717, 1.165) is 7.11 Å². The summed E-state index contributed by atoms with van der Waals surface area (Å²) in [5.41, 5.74) is 0.691. The van der Waals surface area contributed by atoms with E-state index < -0.39 is 17.9 Å². The maximum absolute atomic E-state index is 11.4. The molecule has 18 heavy (non-hydrogen) atoms. The monoisotopic (exact) mass is 254 g/mol. The molecule has 1 aromatic carbocycles. The van der Waals surface area contributed by atoms with Crippen LogP contribution in [0.1, 0.15) is 5.56 Å². The highest BCUT2D eigenvalue weighted by atomic mass is 17.2. The Kier molecular flexibility index (Phi) is 5.13. The Bertz CT molecular complexity index is 411. The molecule has 0 radical (unpaired) electrons. The van der Waals surface area contributed by atoms with Gasteiger partial charge < -0.3 is 9.84 Å². The molecule has 1 atom stereocenters. The number of carbonyl (C=O) groups is 2. The largest absolute Gasteiger partial charge is 0.497 e. The molecule has 6 nitrogen and oxygen atoms in total. The smallest absolute Gasteiger partial charge is 0.356 e. The number of hydrogen-bond acceptors (Lipinski definition) is 5. The Morgan fingerprint density at radius 2 is 1.83 bits per heavy atom. The van der Waals surface area contributed by atoms with Crippen LogP contribution in [0.3, 0.4) is 0 Å². The van der Waals surface area contributed by atoms with Gasteiger partial charge in [-0.2, -0.15) is 4.89 Å². The quantitative estimate of drug-likeness (QED) is 0.464. The number of aliphatic carboxylic acids is 1. The Morgan fingerprint density at radius 3 is 2.28 bits per heavy atom. The molecule has 0 aliphatic heterocycles. The molecular formula is C12H14O6. The van der Waals surface area contributed by atoms with E-state index in [9.17, 15) is 9.59 Å². The summed E-state index contributed by atoms with van der Waals surface area (Å²) in [5, 5.41) is 8.95. The Hall–Kier alpha value is -2.08. The van der Waals surface area contributed by atoms with Gasteiger partial charge in [0.25, 0.3) is 0 Å². The van der Waals surface area contributed by atoms with Crippen LogP contribution in [0, 0.1) is 5.92 Å². The highest BCUT2D eigenvalue weighted by Gasteiger charge is 2.29. The first kappa shape index (κ1) is 14.0. The Balaban J connectivity index is 2.76. The fourth-order valence-corrected chi connectivity index (χ4v) is 1.41. The lowest BCUT2D eigenvalue weighted by Crippen LogP contribution is -2.27. The Morgan fingerprint density at radius 1 is 1.22 bits per heavy atom. The zero-order valence-electron chi connectivity index (χ0n) is 10.1. The lowest BCUT2D eigenvalue weighted by molar-refractivity contribution is -0.259. The predicted octanol–water partition coefficient (Wildman–Crippen LogP) is 1.04. The van der Waals surface area contributed by atoms with Gasteiger partial charge in [0.2, 0.25) is 0 Å². The molecule has 0 heterocycles. The molecule has 0 aliphatic rings. The maximum atomic E-state index is 11.4. The van der Waals surface area contributed by atoms with Crippen molar-refractivity contribution in [2.75, 3.05) is 14.2 Å². The minimum Gasteiger partial charge on any atom is -0.497 e. The zero-order chi connectivity index (χ0) is 13.5. The fraction of sp³-hybridized carbons (Fsp3) is 0.333. The maximum Gasteiger partial charge on any atom is 0.356 e. The van der Waals surface area contributed by atoms with E-state index in [1.807, 2.05) is 0 Å². The molecule has 0 fully saturated rings. The van der Waals surface area contributed by atoms with Crippen molar-refractivity contribution in [1.29, 1.82) is 0 Å². The first-order valence-electron chi connectivity index (χ1n) is 5.18. The van der Waals surface area contributed by atoms with Gasteiger partial charge in [-0.1, -0.05) is 12.1 Å². The fourth-order valence-electron chi connectivity index (χ4n) is 1.41. The van der Waals surface area contributed by atoms with E-state index in [1.165, 1.54) is 7.11 Å². The van der Waals surface area contributed by atoms with E-state index >= 15 is 0 Å². The van der Waals surface area contributed by atoms with Crippen molar-refractivity contribution in [2.45, 2.75) is 6.42 Å². The van der Waals surface area contributed by atoms with Crippen LogP contribution in [0.15, 0.2) is 24.3 Å². The van der Waals surface area contributed by atoms with Gasteiger partial charge in [0.15, 0.2) is 5.92 Å². The van der Waals surface area contributed by atoms with E-state index in [0.29, 0.717) is 11.3 Å². The summed E-state index contributed by atoms with van der Waals surface area (Å²) in [6.07, 6.45) is 0.0293. The molecule has 1 aromatic rings. The summed E-state index contributed by atoms with van der Waals surface area (Å²) in [6, 6.07) is 6.76. The molecule has 6 heteroatoms. The van der Waals surface area contributed by atoms with Crippen molar-refractivity contribution in [3.8, 4) is 5.75 Å². The lowest BCUT2D eigenvalue weighted by atomic mass is 10.00. The summed E-state index contributed by atoms with van der Waals surface area (Å²) < 4.78 is 4.98. The standard InChI is InChI=1S/C12H14O6/c1-16-9-5-3-8(4-6-9)7-10(11(13)14)12(15)18-17-2/h3-6,10H,7H2,1-2H3,(H,13,14). The Labute approximate surface area is 104 Å². The summed E-state index contributed by atoms with van der Waals surface area (Å²) >= 11 is 0. The van der Waals surface area contributed by atoms with Crippen LogP contribution in [0.25, 0.3) is 0 Å². The normalized spacial score (nSPS) is 11.7. The van der Waals surface area contributed by atoms with Crippen LogP contribution >= 0.6 is 0 Å². The SMILES string of the molecule is COOC(=O)C(Cc1ccc(OC)cc1)C(=O)O. The molecule has 1 rings (SSSR count). The molecule has 0 amide bonds. The van der Waals surface area contributed by atoms with Crippen molar-refractivity contribution in [1.82, 2.24) is 0 Å². The van der Waals surface area contributed by atoms with Crippen LogP contribution in [-0.2, 0) is 25.8 Å². The van der Waals surface area contributed by atoms with E-state index in [4.69, 9.17) is 9.84 Å². The first-order valence-corrected chi connectivity index (χ1v) is 5.18. The van der Waals surface area contributed by atoms with Gasteiger partial charge in [-0.05, 0) is 24.1 Å². The minimum absolute atomic E-state index is 0.0293.